The predicted octanol–water partition coefficient (Wildman–Crippen LogP) is 5.91. The maximum Gasteiger partial charge on any atom is 0.200 e. The molecule has 152 valence electrons. The van der Waals surface area contributed by atoms with Crippen molar-refractivity contribution in [1.29, 1.82) is 0 Å². The van der Waals surface area contributed by atoms with Crippen molar-refractivity contribution >= 4 is 11.8 Å². The van der Waals surface area contributed by atoms with Crippen LogP contribution < -0.4 is 0 Å². The lowest BCUT2D eigenvalue weighted by Gasteiger charge is -2.31. The van der Waals surface area contributed by atoms with E-state index in [2.05, 4.69) is 62.4 Å². The van der Waals surface area contributed by atoms with E-state index in [-0.39, 0.29) is 17.5 Å². The maximum atomic E-state index is 6.23. The zero-order valence-electron chi connectivity index (χ0n) is 17.4. The van der Waals surface area contributed by atoms with Gasteiger partial charge in [-0.3, -0.25) is 0 Å². The highest BCUT2D eigenvalue weighted by Crippen LogP contribution is 2.42. The average Bonchev–Trinajstić information content (AvgIpc) is 3.46. The number of nitrogens with zero attached hydrogens (tertiary/aromatic N) is 2. The van der Waals surface area contributed by atoms with Crippen molar-refractivity contribution in [3.05, 3.63) is 71.8 Å². The van der Waals surface area contributed by atoms with Gasteiger partial charge in [0.25, 0.3) is 0 Å². The average molecular weight is 391 g/mol. The molecule has 0 unspecified atom stereocenters. The summed E-state index contributed by atoms with van der Waals surface area (Å²) in [5.41, 5.74) is 2.03. The monoisotopic (exact) mass is 390 g/mol. The first kappa shape index (κ1) is 19.7. The molecular weight excluding hydrogens is 360 g/mol. The van der Waals surface area contributed by atoms with E-state index >= 15 is 0 Å². The fraction of sp³-hybridized carbons (Fsp3) is 0.440. The zero-order valence-corrected chi connectivity index (χ0v) is 17.4. The Morgan fingerprint density at radius 1 is 0.724 bits per heavy atom. The Morgan fingerprint density at radius 2 is 1.14 bits per heavy atom. The van der Waals surface area contributed by atoms with Crippen molar-refractivity contribution < 1.29 is 9.47 Å². The summed E-state index contributed by atoms with van der Waals surface area (Å²) in [7, 11) is 0. The summed E-state index contributed by atoms with van der Waals surface area (Å²) in [5, 5.41) is 0. The topological polar surface area (TPSA) is 43.2 Å². The Kier molecular flexibility index (Phi) is 5.98. The number of benzene rings is 2. The van der Waals surface area contributed by atoms with Crippen LogP contribution in [-0.2, 0) is 9.47 Å². The predicted molar refractivity (Wildman–Crippen MR) is 117 cm³/mol. The van der Waals surface area contributed by atoms with E-state index in [0.717, 1.165) is 37.5 Å². The van der Waals surface area contributed by atoms with Crippen molar-refractivity contribution in [2.24, 2.45) is 15.4 Å². The van der Waals surface area contributed by atoms with Gasteiger partial charge in [-0.25, -0.2) is 9.98 Å². The Bertz CT molecular complexity index is 787. The van der Waals surface area contributed by atoms with Gasteiger partial charge in [0, 0.05) is 0 Å². The molecule has 0 bridgehead atoms. The van der Waals surface area contributed by atoms with Crippen LogP contribution in [0, 0.1) is 5.41 Å². The van der Waals surface area contributed by atoms with Crippen molar-refractivity contribution in [3.63, 3.8) is 0 Å². The largest absolute Gasteiger partial charge is 0.478 e. The molecule has 0 radical (unpaired) electrons. The van der Waals surface area contributed by atoms with Crippen LogP contribution in [-0.4, -0.2) is 25.0 Å². The molecule has 0 N–H and O–H groups in total. The fourth-order valence-corrected chi connectivity index (χ4v) is 4.46. The molecule has 2 aliphatic rings. The van der Waals surface area contributed by atoms with Gasteiger partial charge in [0.15, 0.2) is 11.8 Å². The molecule has 4 rings (SSSR count). The van der Waals surface area contributed by atoms with Crippen molar-refractivity contribution in [3.8, 4) is 0 Å². The fourth-order valence-electron chi connectivity index (χ4n) is 4.46. The SMILES string of the molecule is CCCC(CCC)(C1=N[C@@H](c2ccccc2)CO1)C1=N[C@@H](c2ccccc2)CO1. The van der Waals surface area contributed by atoms with E-state index in [9.17, 15) is 0 Å². The molecule has 29 heavy (non-hydrogen) atoms. The molecular formula is C25H30N2O2. The highest BCUT2D eigenvalue weighted by Gasteiger charge is 2.47. The summed E-state index contributed by atoms with van der Waals surface area (Å²) < 4.78 is 12.5. The summed E-state index contributed by atoms with van der Waals surface area (Å²) in [6.45, 7) is 5.59. The number of hydrogen-bond donors (Lipinski definition) is 0. The molecule has 2 aliphatic heterocycles. The third-order valence-corrected chi connectivity index (χ3v) is 5.84. The summed E-state index contributed by atoms with van der Waals surface area (Å²) in [6.07, 6.45) is 3.91. The highest BCUT2D eigenvalue weighted by atomic mass is 16.5. The molecule has 4 heteroatoms. The third kappa shape index (κ3) is 3.93. The lowest BCUT2D eigenvalue weighted by Crippen LogP contribution is -2.40. The van der Waals surface area contributed by atoms with Gasteiger partial charge in [-0.15, -0.1) is 0 Å². The van der Waals surface area contributed by atoms with Crippen LogP contribution in [0.15, 0.2) is 70.6 Å². The third-order valence-electron chi connectivity index (χ3n) is 5.84. The van der Waals surface area contributed by atoms with E-state index in [1.54, 1.807) is 0 Å². The second-order valence-electron chi connectivity index (χ2n) is 7.93. The van der Waals surface area contributed by atoms with Crippen LogP contribution in [0.2, 0.25) is 0 Å². The minimum atomic E-state index is -0.365. The van der Waals surface area contributed by atoms with Gasteiger partial charge in [-0.05, 0) is 24.0 Å². The minimum absolute atomic E-state index is 0.0474. The number of aliphatic imine (C=N–C) groups is 2. The van der Waals surface area contributed by atoms with Crippen LogP contribution >= 0.6 is 0 Å². The van der Waals surface area contributed by atoms with E-state index < -0.39 is 0 Å². The Labute approximate surface area is 173 Å². The first-order chi connectivity index (χ1) is 14.3. The van der Waals surface area contributed by atoms with Gasteiger partial charge in [0.1, 0.15) is 30.7 Å². The van der Waals surface area contributed by atoms with Gasteiger partial charge in [-0.1, -0.05) is 87.4 Å². The van der Waals surface area contributed by atoms with Crippen LogP contribution in [0.4, 0.5) is 0 Å². The van der Waals surface area contributed by atoms with E-state index in [0.29, 0.717) is 13.2 Å². The molecule has 4 nitrogen and oxygen atoms in total. The van der Waals surface area contributed by atoms with Gasteiger partial charge in [0.05, 0.1) is 0 Å². The van der Waals surface area contributed by atoms with Crippen LogP contribution in [0.3, 0.4) is 0 Å². The molecule has 0 fully saturated rings. The van der Waals surface area contributed by atoms with Crippen LogP contribution in [0.1, 0.15) is 62.7 Å². The van der Waals surface area contributed by atoms with E-state index in [1.165, 1.54) is 11.1 Å². The normalized spacial score (nSPS) is 21.3. The maximum absolute atomic E-state index is 6.23. The summed E-state index contributed by atoms with van der Waals surface area (Å²) in [5.74, 6) is 1.62. The summed E-state index contributed by atoms with van der Waals surface area (Å²) in [4.78, 5) is 10.1. The van der Waals surface area contributed by atoms with Gasteiger partial charge < -0.3 is 9.47 Å². The molecule has 0 saturated heterocycles. The molecule has 2 atom stereocenters. The molecule has 2 heterocycles. The number of ether oxygens (including phenoxy) is 2. The zero-order chi connectivity index (χ0) is 20.1. The summed E-state index contributed by atoms with van der Waals surface area (Å²) >= 11 is 0. The number of hydrogen-bond acceptors (Lipinski definition) is 4. The quantitative estimate of drug-likeness (QED) is 0.562. The van der Waals surface area contributed by atoms with Gasteiger partial charge >= 0.3 is 0 Å². The van der Waals surface area contributed by atoms with Gasteiger partial charge in [0.2, 0.25) is 0 Å². The lowest BCUT2D eigenvalue weighted by molar-refractivity contribution is 0.237. The summed E-state index contributed by atoms with van der Waals surface area (Å²) in [6, 6.07) is 20.9. The standard InChI is InChI=1S/C25H30N2O2/c1-3-15-25(16-4-2,23-26-21(17-28-23)19-11-7-5-8-12-19)24-27-22(18-29-24)20-13-9-6-10-14-20/h5-14,21-22H,3-4,15-18H2,1-2H3/t21-,22-/m1/s1. The Hall–Kier alpha value is -2.62. The molecule has 0 amide bonds. The number of rotatable bonds is 8. The van der Waals surface area contributed by atoms with E-state index in [4.69, 9.17) is 19.5 Å². The van der Waals surface area contributed by atoms with Crippen LogP contribution in [0.25, 0.3) is 0 Å². The second-order valence-corrected chi connectivity index (χ2v) is 7.93. The first-order valence-corrected chi connectivity index (χ1v) is 10.8. The lowest BCUT2D eigenvalue weighted by atomic mass is 9.78. The second kappa shape index (κ2) is 8.81. The Balaban J connectivity index is 1.68. The Morgan fingerprint density at radius 3 is 1.52 bits per heavy atom. The molecule has 0 saturated carbocycles. The smallest absolute Gasteiger partial charge is 0.200 e. The van der Waals surface area contributed by atoms with Crippen LogP contribution in [0.5, 0.6) is 0 Å². The van der Waals surface area contributed by atoms with Crippen molar-refractivity contribution in [2.45, 2.75) is 51.6 Å². The molecule has 0 aromatic heterocycles. The van der Waals surface area contributed by atoms with Gasteiger partial charge in [-0.2, -0.15) is 0 Å². The van der Waals surface area contributed by atoms with Crippen molar-refractivity contribution in [1.82, 2.24) is 0 Å². The molecule has 0 spiro atoms. The highest BCUT2D eigenvalue weighted by molar-refractivity contribution is 6.06. The molecule has 2 aromatic carbocycles. The molecule has 0 aliphatic carbocycles. The van der Waals surface area contributed by atoms with Crippen molar-refractivity contribution in [2.75, 3.05) is 13.2 Å². The first-order valence-electron chi connectivity index (χ1n) is 10.8. The van der Waals surface area contributed by atoms with E-state index in [1.807, 2.05) is 12.1 Å². The molecule has 2 aromatic rings. The minimum Gasteiger partial charge on any atom is -0.478 e.